The van der Waals surface area contributed by atoms with Gasteiger partial charge in [-0.05, 0) is 49.8 Å². The first kappa shape index (κ1) is 17.7. The summed E-state index contributed by atoms with van der Waals surface area (Å²) >= 11 is 0. The van der Waals surface area contributed by atoms with Crippen LogP contribution in [0.15, 0.2) is 24.3 Å². The maximum Gasteiger partial charge on any atom is 0.335 e. The second-order valence-corrected chi connectivity index (χ2v) is 5.04. The molecule has 4 heteroatoms. The molecule has 118 valence electrons. The molecule has 4 nitrogen and oxygen atoms in total. The molecule has 1 aromatic carbocycles. The zero-order valence-electron chi connectivity index (χ0n) is 13.0. The van der Waals surface area contributed by atoms with Crippen LogP contribution in [-0.2, 0) is 15.9 Å². The van der Waals surface area contributed by atoms with Gasteiger partial charge in [-0.15, -0.1) is 0 Å². The van der Waals surface area contributed by atoms with Crippen LogP contribution in [0.4, 0.5) is 0 Å². The molecular formula is C17H26O4. The molecular weight excluding hydrogens is 268 g/mol. The van der Waals surface area contributed by atoms with E-state index in [1.807, 2.05) is 12.1 Å². The molecule has 0 heterocycles. The third-order valence-corrected chi connectivity index (χ3v) is 3.21. The summed E-state index contributed by atoms with van der Waals surface area (Å²) in [7, 11) is 0. The molecule has 0 amide bonds. The van der Waals surface area contributed by atoms with Crippen molar-refractivity contribution in [1.82, 2.24) is 0 Å². The number of carboxylic acid groups (broad SMARTS) is 1. The average Bonchev–Trinajstić information content (AvgIpc) is 2.50. The highest BCUT2D eigenvalue weighted by Gasteiger charge is 2.05. The van der Waals surface area contributed by atoms with Gasteiger partial charge in [0.2, 0.25) is 0 Å². The summed E-state index contributed by atoms with van der Waals surface area (Å²) in [6.45, 7) is 5.59. The SMILES string of the molecule is CCCOC(CC)OCCCCc1ccc(C(=O)O)cc1. The van der Waals surface area contributed by atoms with E-state index in [-0.39, 0.29) is 6.29 Å². The lowest BCUT2D eigenvalue weighted by Crippen LogP contribution is -2.17. The van der Waals surface area contributed by atoms with Crippen LogP contribution in [0.1, 0.15) is 55.5 Å². The summed E-state index contributed by atoms with van der Waals surface area (Å²) in [6, 6.07) is 7.06. The predicted octanol–water partition coefficient (Wildman–Crippen LogP) is 3.89. The van der Waals surface area contributed by atoms with Gasteiger partial charge in [0.25, 0.3) is 0 Å². The van der Waals surface area contributed by atoms with E-state index in [1.165, 1.54) is 0 Å². The Labute approximate surface area is 127 Å². The summed E-state index contributed by atoms with van der Waals surface area (Å²) in [5.41, 5.74) is 1.50. The van der Waals surface area contributed by atoms with Gasteiger partial charge in [-0.3, -0.25) is 0 Å². The lowest BCUT2D eigenvalue weighted by molar-refractivity contribution is -0.144. The molecule has 21 heavy (non-hydrogen) atoms. The number of carbonyl (C=O) groups is 1. The molecule has 0 saturated heterocycles. The molecule has 0 radical (unpaired) electrons. The molecule has 0 spiro atoms. The number of hydrogen-bond donors (Lipinski definition) is 1. The molecule has 1 atom stereocenters. The predicted molar refractivity (Wildman–Crippen MR) is 82.6 cm³/mol. The second-order valence-electron chi connectivity index (χ2n) is 5.04. The van der Waals surface area contributed by atoms with E-state index in [9.17, 15) is 4.79 Å². The Morgan fingerprint density at radius 1 is 1.10 bits per heavy atom. The topological polar surface area (TPSA) is 55.8 Å². The molecule has 0 bridgehead atoms. The van der Waals surface area contributed by atoms with Gasteiger partial charge < -0.3 is 14.6 Å². The average molecular weight is 294 g/mol. The molecule has 1 aromatic rings. The zero-order chi connectivity index (χ0) is 15.5. The van der Waals surface area contributed by atoms with Crippen LogP contribution in [0.3, 0.4) is 0 Å². The number of carboxylic acids is 1. The van der Waals surface area contributed by atoms with Gasteiger partial charge >= 0.3 is 5.97 Å². The number of aryl methyl sites for hydroxylation is 1. The van der Waals surface area contributed by atoms with Crippen molar-refractivity contribution in [2.75, 3.05) is 13.2 Å². The van der Waals surface area contributed by atoms with Crippen molar-refractivity contribution >= 4 is 5.97 Å². The number of benzene rings is 1. The van der Waals surface area contributed by atoms with Crippen LogP contribution in [0.5, 0.6) is 0 Å². The third-order valence-electron chi connectivity index (χ3n) is 3.21. The maximum absolute atomic E-state index is 10.8. The first-order valence-corrected chi connectivity index (χ1v) is 7.72. The fourth-order valence-electron chi connectivity index (χ4n) is 1.99. The largest absolute Gasteiger partial charge is 0.478 e. The minimum atomic E-state index is -0.882. The Hall–Kier alpha value is -1.39. The van der Waals surface area contributed by atoms with Gasteiger partial charge in [-0.1, -0.05) is 26.0 Å². The van der Waals surface area contributed by atoms with Crippen molar-refractivity contribution in [2.24, 2.45) is 0 Å². The van der Waals surface area contributed by atoms with Crippen LogP contribution in [0.25, 0.3) is 0 Å². The molecule has 0 aliphatic rings. The molecule has 1 N–H and O–H groups in total. The van der Waals surface area contributed by atoms with E-state index < -0.39 is 5.97 Å². The fourth-order valence-corrected chi connectivity index (χ4v) is 1.99. The van der Waals surface area contributed by atoms with Crippen molar-refractivity contribution < 1.29 is 19.4 Å². The Morgan fingerprint density at radius 3 is 2.33 bits per heavy atom. The Morgan fingerprint density at radius 2 is 1.76 bits per heavy atom. The van der Waals surface area contributed by atoms with Gasteiger partial charge in [0, 0.05) is 13.2 Å². The number of unbranched alkanes of at least 4 members (excludes halogenated alkanes) is 1. The van der Waals surface area contributed by atoms with Crippen molar-refractivity contribution in [3.05, 3.63) is 35.4 Å². The molecule has 1 rings (SSSR count). The van der Waals surface area contributed by atoms with E-state index in [4.69, 9.17) is 14.6 Å². The molecule has 0 saturated carbocycles. The first-order valence-electron chi connectivity index (χ1n) is 7.72. The number of hydrogen-bond acceptors (Lipinski definition) is 3. The minimum Gasteiger partial charge on any atom is -0.478 e. The first-order chi connectivity index (χ1) is 10.2. The highest BCUT2D eigenvalue weighted by molar-refractivity contribution is 5.87. The Balaban J connectivity index is 2.17. The quantitative estimate of drug-likeness (QED) is 0.497. The third kappa shape index (κ3) is 7.25. The lowest BCUT2D eigenvalue weighted by Gasteiger charge is -2.16. The molecule has 0 aliphatic heterocycles. The van der Waals surface area contributed by atoms with Crippen molar-refractivity contribution in [2.45, 2.75) is 52.2 Å². The summed E-state index contributed by atoms with van der Waals surface area (Å²) < 4.78 is 11.2. The van der Waals surface area contributed by atoms with Gasteiger partial charge in [0.05, 0.1) is 5.56 Å². The van der Waals surface area contributed by atoms with Crippen LogP contribution in [0.2, 0.25) is 0 Å². The van der Waals surface area contributed by atoms with E-state index in [0.29, 0.717) is 12.2 Å². The van der Waals surface area contributed by atoms with E-state index in [1.54, 1.807) is 12.1 Å². The second kappa shape index (κ2) is 10.4. The normalized spacial score (nSPS) is 12.3. The summed E-state index contributed by atoms with van der Waals surface area (Å²) in [5, 5.41) is 8.83. The molecule has 0 aromatic heterocycles. The number of rotatable bonds is 11. The van der Waals surface area contributed by atoms with E-state index in [0.717, 1.165) is 44.3 Å². The summed E-state index contributed by atoms with van der Waals surface area (Å²) in [5.74, 6) is -0.882. The summed E-state index contributed by atoms with van der Waals surface area (Å²) in [6.07, 6.45) is 4.74. The van der Waals surface area contributed by atoms with Gasteiger partial charge in [0.1, 0.15) is 0 Å². The Kier molecular flexibility index (Phi) is 8.71. The fraction of sp³-hybridized carbons (Fsp3) is 0.588. The van der Waals surface area contributed by atoms with Crippen molar-refractivity contribution in [1.29, 1.82) is 0 Å². The van der Waals surface area contributed by atoms with Crippen molar-refractivity contribution in [3.63, 3.8) is 0 Å². The van der Waals surface area contributed by atoms with E-state index >= 15 is 0 Å². The van der Waals surface area contributed by atoms with Gasteiger partial charge in [-0.2, -0.15) is 0 Å². The van der Waals surface area contributed by atoms with Crippen LogP contribution >= 0.6 is 0 Å². The highest BCUT2D eigenvalue weighted by Crippen LogP contribution is 2.09. The Bertz CT molecular complexity index is 400. The summed E-state index contributed by atoms with van der Waals surface area (Å²) in [4.78, 5) is 10.8. The number of aromatic carboxylic acids is 1. The zero-order valence-corrected chi connectivity index (χ0v) is 13.0. The van der Waals surface area contributed by atoms with Crippen LogP contribution in [0, 0.1) is 0 Å². The molecule has 1 unspecified atom stereocenters. The minimum absolute atomic E-state index is 0.0835. The van der Waals surface area contributed by atoms with Crippen LogP contribution in [-0.4, -0.2) is 30.6 Å². The van der Waals surface area contributed by atoms with E-state index in [2.05, 4.69) is 13.8 Å². The van der Waals surface area contributed by atoms with Crippen LogP contribution < -0.4 is 0 Å². The lowest BCUT2D eigenvalue weighted by atomic mass is 10.1. The monoisotopic (exact) mass is 294 g/mol. The highest BCUT2D eigenvalue weighted by atomic mass is 16.7. The maximum atomic E-state index is 10.8. The standard InChI is InChI=1S/C17H26O4/c1-3-12-20-16(4-2)21-13-6-5-7-14-8-10-15(11-9-14)17(18)19/h8-11,16H,3-7,12-13H2,1-2H3,(H,18,19). The smallest absolute Gasteiger partial charge is 0.335 e. The molecule has 0 aliphatic carbocycles. The number of ether oxygens (including phenoxy) is 2. The van der Waals surface area contributed by atoms with Gasteiger partial charge in [-0.25, -0.2) is 4.79 Å². The van der Waals surface area contributed by atoms with Crippen molar-refractivity contribution in [3.8, 4) is 0 Å². The van der Waals surface area contributed by atoms with Gasteiger partial charge in [0.15, 0.2) is 6.29 Å². The molecule has 0 fully saturated rings.